The van der Waals surface area contributed by atoms with Crippen molar-refractivity contribution in [3.63, 3.8) is 0 Å². The fourth-order valence-corrected chi connectivity index (χ4v) is 1.99. The highest BCUT2D eigenvalue weighted by atomic mass is 35.5. The summed E-state index contributed by atoms with van der Waals surface area (Å²) in [6.07, 6.45) is 0.809. The van der Waals surface area contributed by atoms with Crippen LogP contribution in [0, 0.1) is 13.8 Å². The minimum atomic E-state index is -0.273. The van der Waals surface area contributed by atoms with E-state index in [1.165, 1.54) is 16.7 Å². The number of amides is 1. The second-order valence-electron chi connectivity index (χ2n) is 5.17. The van der Waals surface area contributed by atoms with E-state index >= 15 is 0 Å². The molecule has 0 unspecified atom stereocenters. The molecule has 0 aromatic heterocycles. The average Bonchev–Trinajstić information content (AvgIpc) is 2.22. The number of rotatable bonds is 4. The Balaban J connectivity index is 2.82. The van der Waals surface area contributed by atoms with Gasteiger partial charge in [0.25, 0.3) is 0 Å². The number of hydrogen-bond donors (Lipinski definition) is 1. The first kappa shape index (κ1) is 14.0. The summed E-state index contributed by atoms with van der Waals surface area (Å²) in [6.45, 7) is 8.19. The number of carbonyl (C=O) groups excluding carboxylic acids is 1. The van der Waals surface area contributed by atoms with Crippen LogP contribution in [0.3, 0.4) is 0 Å². The molecule has 0 aliphatic heterocycles. The van der Waals surface area contributed by atoms with Gasteiger partial charge in [-0.2, -0.15) is 0 Å². The fourth-order valence-electron chi connectivity index (χ4n) is 1.92. The Morgan fingerprint density at radius 3 is 2.59 bits per heavy atom. The maximum absolute atomic E-state index is 11.3. The Morgan fingerprint density at radius 1 is 1.35 bits per heavy atom. The van der Waals surface area contributed by atoms with Crippen molar-refractivity contribution < 1.29 is 4.79 Å². The Kier molecular flexibility index (Phi) is 4.58. The lowest BCUT2D eigenvalue weighted by Gasteiger charge is -2.27. The van der Waals surface area contributed by atoms with Gasteiger partial charge < -0.3 is 5.32 Å². The zero-order valence-electron chi connectivity index (χ0n) is 10.9. The molecular formula is C14H20ClNO. The van der Waals surface area contributed by atoms with E-state index in [1.54, 1.807) is 0 Å². The lowest BCUT2D eigenvalue weighted by atomic mass is 9.91. The summed E-state index contributed by atoms with van der Waals surface area (Å²) in [4.78, 5) is 11.3. The summed E-state index contributed by atoms with van der Waals surface area (Å²) in [5, 5.41) is 2.93. The summed E-state index contributed by atoms with van der Waals surface area (Å²) in [5.74, 6) is -0.113. The number of alkyl halides is 1. The highest BCUT2D eigenvalue weighted by Crippen LogP contribution is 2.18. The third-order valence-electron chi connectivity index (χ3n) is 2.74. The Morgan fingerprint density at radius 2 is 2.00 bits per heavy atom. The molecule has 0 spiro atoms. The molecule has 0 saturated heterocycles. The van der Waals surface area contributed by atoms with Crippen molar-refractivity contribution in [2.45, 2.75) is 39.7 Å². The first-order valence-corrected chi connectivity index (χ1v) is 6.30. The van der Waals surface area contributed by atoms with E-state index in [0.717, 1.165) is 6.42 Å². The van der Waals surface area contributed by atoms with Gasteiger partial charge in [0, 0.05) is 5.54 Å². The number of hydrogen-bond acceptors (Lipinski definition) is 1. The monoisotopic (exact) mass is 253 g/mol. The van der Waals surface area contributed by atoms with Crippen molar-refractivity contribution in [3.05, 3.63) is 34.9 Å². The van der Waals surface area contributed by atoms with Crippen LogP contribution in [-0.4, -0.2) is 17.3 Å². The molecule has 1 amide bonds. The molecule has 0 fully saturated rings. The zero-order chi connectivity index (χ0) is 13.1. The van der Waals surface area contributed by atoms with E-state index in [2.05, 4.69) is 37.4 Å². The van der Waals surface area contributed by atoms with Crippen LogP contribution in [-0.2, 0) is 11.2 Å². The minimum Gasteiger partial charge on any atom is -0.350 e. The van der Waals surface area contributed by atoms with Gasteiger partial charge in [-0.05, 0) is 45.2 Å². The largest absolute Gasteiger partial charge is 0.350 e. The van der Waals surface area contributed by atoms with E-state index in [-0.39, 0.29) is 17.3 Å². The molecule has 0 aliphatic rings. The summed E-state index contributed by atoms with van der Waals surface area (Å²) < 4.78 is 0. The van der Waals surface area contributed by atoms with Gasteiger partial charge >= 0.3 is 0 Å². The molecule has 0 radical (unpaired) electrons. The fraction of sp³-hybridized carbons (Fsp3) is 0.500. The second-order valence-corrected chi connectivity index (χ2v) is 5.44. The molecule has 1 N–H and O–H groups in total. The number of benzene rings is 1. The molecule has 1 aromatic rings. The van der Waals surface area contributed by atoms with Crippen molar-refractivity contribution in [1.82, 2.24) is 5.32 Å². The second kappa shape index (κ2) is 5.54. The summed E-state index contributed by atoms with van der Waals surface area (Å²) >= 11 is 5.51. The van der Waals surface area contributed by atoms with E-state index in [9.17, 15) is 4.79 Å². The standard InChI is InChI=1S/C14H20ClNO/c1-10-5-6-11(2)12(7-10)8-14(3,4)16-13(17)9-15/h5-7H,8-9H2,1-4H3,(H,16,17). The van der Waals surface area contributed by atoms with Gasteiger partial charge in [0.1, 0.15) is 5.88 Å². The van der Waals surface area contributed by atoms with Crippen LogP contribution in [0.1, 0.15) is 30.5 Å². The number of halogens is 1. The van der Waals surface area contributed by atoms with Crippen molar-refractivity contribution in [1.29, 1.82) is 0 Å². The molecule has 0 aliphatic carbocycles. The maximum atomic E-state index is 11.3. The first-order valence-electron chi connectivity index (χ1n) is 5.77. The number of carbonyl (C=O) groups is 1. The molecule has 0 heterocycles. The van der Waals surface area contributed by atoms with Crippen LogP contribution < -0.4 is 5.32 Å². The highest BCUT2D eigenvalue weighted by Gasteiger charge is 2.21. The van der Waals surface area contributed by atoms with Crippen LogP contribution in [0.25, 0.3) is 0 Å². The zero-order valence-corrected chi connectivity index (χ0v) is 11.7. The van der Waals surface area contributed by atoms with Crippen LogP contribution in [0.5, 0.6) is 0 Å². The average molecular weight is 254 g/mol. The Bertz CT molecular complexity index is 413. The molecule has 1 aromatic carbocycles. The number of aryl methyl sites for hydroxylation is 2. The molecule has 0 saturated carbocycles. The summed E-state index contributed by atoms with van der Waals surface area (Å²) in [6, 6.07) is 6.39. The van der Waals surface area contributed by atoms with Gasteiger partial charge in [0.2, 0.25) is 5.91 Å². The Labute approximate surface area is 108 Å². The van der Waals surface area contributed by atoms with Gasteiger partial charge in [0.15, 0.2) is 0 Å². The summed E-state index contributed by atoms with van der Waals surface area (Å²) in [7, 11) is 0. The topological polar surface area (TPSA) is 29.1 Å². The molecule has 17 heavy (non-hydrogen) atoms. The molecule has 0 bridgehead atoms. The van der Waals surface area contributed by atoms with Crippen molar-refractivity contribution in [2.24, 2.45) is 0 Å². The van der Waals surface area contributed by atoms with Gasteiger partial charge in [-0.25, -0.2) is 0 Å². The smallest absolute Gasteiger partial charge is 0.235 e. The van der Waals surface area contributed by atoms with E-state index in [4.69, 9.17) is 11.6 Å². The van der Waals surface area contributed by atoms with Gasteiger partial charge in [0.05, 0.1) is 0 Å². The molecule has 94 valence electrons. The van der Waals surface area contributed by atoms with Crippen molar-refractivity contribution in [2.75, 3.05) is 5.88 Å². The van der Waals surface area contributed by atoms with E-state index in [1.807, 2.05) is 13.8 Å². The third kappa shape index (κ3) is 4.39. The van der Waals surface area contributed by atoms with Crippen LogP contribution in [0.15, 0.2) is 18.2 Å². The predicted octanol–water partition coefficient (Wildman–Crippen LogP) is 2.98. The minimum absolute atomic E-state index is 0.0101. The van der Waals surface area contributed by atoms with E-state index < -0.39 is 0 Å². The van der Waals surface area contributed by atoms with Gasteiger partial charge in [-0.3, -0.25) is 4.79 Å². The first-order chi connectivity index (χ1) is 7.84. The predicted molar refractivity (Wildman–Crippen MR) is 72.6 cm³/mol. The third-order valence-corrected chi connectivity index (χ3v) is 2.98. The maximum Gasteiger partial charge on any atom is 0.235 e. The van der Waals surface area contributed by atoms with Crippen LogP contribution in [0.2, 0.25) is 0 Å². The van der Waals surface area contributed by atoms with Crippen molar-refractivity contribution in [3.8, 4) is 0 Å². The summed E-state index contributed by atoms with van der Waals surface area (Å²) in [5.41, 5.74) is 3.49. The molecule has 0 atom stereocenters. The molecule has 2 nitrogen and oxygen atoms in total. The SMILES string of the molecule is Cc1ccc(C)c(CC(C)(C)NC(=O)CCl)c1. The lowest BCUT2D eigenvalue weighted by molar-refractivity contribution is -0.120. The van der Waals surface area contributed by atoms with E-state index in [0.29, 0.717) is 0 Å². The quantitative estimate of drug-likeness (QED) is 0.822. The van der Waals surface area contributed by atoms with Crippen LogP contribution >= 0.6 is 11.6 Å². The lowest BCUT2D eigenvalue weighted by Crippen LogP contribution is -2.45. The normalized spacial score (nSPS) is 11.4. The molecule has 3 heteroatoms. The molecular weight excluding hydrogens is 234 g/mol. The molecule has 1 rings (SSSR count). The van der Waals surface area contributed by atoms with Gasteiger partial charge in [-0.15, -0.1) is 11.6 Å². The Hall–Kier alpha value is -1.02. The van der Waals surface area contributed by atoms with Crippen LogP contribution in [0.4, 0.5) is 0 Å². The van der Waals surface area contributed by atoms with Gasteiger partial charge in [-0.1, -0.05) is 23.8 Å². The number of nitrogens with one attached hydrogen (secondary N) is 1. The highest BCUT2D eigenvalue weighted by molar-refractivity contribution is 6.27. The van der Waals surface area contributed by atoms with Crippen molar-refractivity contribution >= 4 is 17.5 Å².